The largest absolute Gasteiger partial charge is 0.497 e. The van der Waals surface area contributed by atoms with Crippen LogP contribution in [0.15, 0.2) is 48.8 Å². The van der Waals surface area contributed by atoms with Crippen LogP contribution in [0.1, 0.15) is 21.8 Å². The molecule has 0 atom stereocenters. The maximum atomic E-state index is 5.65. The number of benzene rings is 2. The summed E-state index contributed by atoms with van der Waals surface area (Å²) in [5.74, 6) is 3.51. The van der Waals surface area contributed by atoms with E-state index in [-0.39, 0.29) is 0 Å². The van der Waals surface area contributed by atoms with Crippen molar-refractivity contribution in [1.29, 1.82) is 0 Å². The van der Waals surface area contributed by atoms with Crippen molar-refractivity contribution < 1.29 is 18.9 Å². The lowest BCUT2D eigenvalue weighted by atomic mass is 10.1. The van der Waals surface area contributed by atoms with Crippen molar-refractivity contribution in [1.82, 2.24) is 15.0 Å². The first kappa shape index (κ1) is 25.2. The Balaban J connectivity index is 1.71. The molecule has 2 heterocycles. The Morgan fingerprint density at radius 1 is 0.750 bits per heavy atom. The van der Waals surface area contributed by atoms with Gasteiger partial charge in [0.05, 0.1) is 44.0 Å². The first-order chi connectivity index (χ1) is 17.4. The highest BCUT2D eigenvalue weighted by molar-refractivity contribution is 7.15. The summed E-state index contributed by atoms with van der Waals surface area (Å²) in [5, 5.41) is 1.02. The van der Waals surface area contributed by atoms with E-state index < -0.39 is 0 Å². The summed E-state index contributed by atoms with van der Waals surface area (Å²) in [6, 6.07) is 11.6. The van der Waals surface area contributed by atoms with E-state index in [2.05, 4.69) is 9.88 Å². The first-order valence-electron chi connectivity index (χ1n) is 11.4. The van der Waals surface area contributed by atoms with Crippen LogP contribution in [-0.2, 0) is 13.1 Å². The van der Waals surface area contributed by atoms with Crippen LogP contribution < -0.4 is 23.8 Å². The van der Waals surface area contributed by atoms with Gasteiger partial charge in [-0.15, -0.1) is 11.3 Å². The molecule has 0 bridgehead atoms. The number of ether oxygens (including phenoxy) is 4. The minimum atomic E-state index is 0.514. The van der Waals surface area contributed by atoms with E-state index in [1.54, 1.807) is 39.8 Å². The molecule has 0 saturated heterocycles. The van der Waals surface area contributed by atoms with Gasteiger partial charge in [0.15, 0.2) is 0 Å². The lowest BCUT2D eigenvalue weighted by Gasteiger charge is -2.25. The number of nitrogens with zero attached hydrogens (tertiary/aromatic N) is 4. The van der Waals surface area contributed by atoms with Gasteiger partial charge in [-0.3, -0.25) is 0 Å². The zero-order chi connectivity index (χ0) is 25.7. The van der Waals surface area contributed by atoms with E-state index in [9.17, 15) is 0 Å². The Bertz CT molecular complexity index is 1270. The summed E-state index contributed by atoms with van der Waals surface area (Å²) in [7, 11) is 6.58. The second-order valence-electron chi connectivity index (χ2n) is 8.13. The highest BCUT2D eigenvalue weighted by Gasteiger charge is 2.18. The predicted molar refractivity (Wildman–Crippen MR) is 142 cm³/mol. The molecule has 0 spiro atoms. The zero-order valence-corrected chi connectivity index (χ0v) is 22.2. The number of aromatic nitrogens is 3. The molecule has 2 aromatic heterocycles. The third kappa shape index (κ3) is 5.52. The molecule has 0 aliphatic heterocycles. The molecule has 4 rings (SSSR count). The van der Waals surface area contributed by atoms with Crippen molar-refractivity contribution in [2.75, 3.05) is 33.3 Å². The van der Waals surface area contributed by atoms with Crippen LogP contribution in [0.2, 0.25) is 0 Å². The van der Waals surface area contributed by atoms with Crippen molar-refractivity contribution in [2.45, 2.75) is 26.9 Å². The number of methoxy groups -OCH3 is 4. The molecule has 0 saturated carbocycles. The van der Waals surface area contributed by atoms with Crippen molar-refractivity contribution in [2.24, 2.45) is 0 Å². The molecular weight excluding hydrogens is 476 g/mol. The van der Waals surface area contributed by atoms with Crippen molar-refractivity contribution >= 4 is 17.3 Å². The number of hydrogen-bond donors (Lipinski definition) is 0. The topological polar surface area (TPSA) is 78.8 Å². The van der Waals surface area contributed by atoms with Crippen LogP contribution in [0.5, 0.6) is 23.0 Å². The van der Waals surface area contributed by atoms with Gasteiger partial charge in [0.1, 0.15) is 23.0 Å². The maximum Gasteiger partial charge on any atom is 0.225 e. The fraction of sp³-hybridized carbons (Fsp3) is 0.296. The average Bonchev–Trinajstić information content (AvgIpc) is 3.26. The molecule has 0 radical (unpaired) electrons. The van der Waals surface area contributed by atoms with Crippen molar-refractivity contribution in [3.05, 3.63) is 70.6 Å². The summed E-state index contributed by atoms with van der Waals surface area (Å²) in [6.45, 7) is 5.04. The van der Waals surface area contributed by atoms with Crippen molar-refractivity contribution in [3.63, 3.8) is 0 Å². The summed E-state index contributed by atoms with van der Waals surface area (Å²) in [4.78, 5) is 17.2. The zero-order valence-electron chi connectivity index (χ0n) is 21.4. The van der Waals surface area contributed by atoms with Gasteiger partial charge >= 0.3 is 0 Å². The molecule has 188 valence electrons. The molecule has 9 heteroatoms. The van der Waals surface area contributed by atoms with Crippen LogP contribution in [-0.4, -0.2) is 43.4 Å². The van der Waals surface area contributed by atoms with Gasteiger partial charge < -0.3 is 23.8 Å². The van der Waals surface area contributed by atoms with E-state index in [4.69, 9.17) is 28.9 Å². The summed E-state index contributed by atoms with van der Waals surface area (Å²) < 4.78 is 22.0. The van der Waals surface area contributed by atoms with Gasteiger partial charge in [-0.2, -0.15) is 0 Å². The van der Waals surface area contributed by atoms with Gasteiger partial charge in [-0.1, -0.05) is 0 Å². The predicted octanol–water partition coefficient (Wildman–Crippen LogP) is 5.46. The molecule has 0 aliphatic carbocycles. The van der Waals surface area contributed by atoms with Crippen LogP contribution in [0.25, 0.3) is 10.4 Å². The monoisotopic (exact) mass is 506 g/mol. The van der Waals surface area contributed by atoms with E-state index in [0.29, 0.717) is 19.0 Å². The van der Waals surface area contributed by atoms with Gasteiger partial charge in [0.2, 0.25) is 5.95 Å². The number of hydrogen-bond acceptors (Lipinski definition) is 9. The van der Waals surface area contributed by atoms with Crippen LogP contribution in [0.3, 0.4) is 0 Å². The Labute approximate surface area is 215 Å². The van der Waals surface area contributed by atoms with Gasteiger partial charge in [0.25, 0.3) is 0 Å². The van der Waals surface area contributed by atoms with Gasteiger partial charge in [0, 0.05) is 54.3 Å². The molecule has 2 aromatic carbocycles. The number of thiazole rings is 1. The lowest BCUT2D eigenvalue weighted by molar-refractivity contribution is 0.389. The quantitative estimate of drug-likeness (QED) is 0.281. The Morgan fingerprint density at radius 3 is 1.69 bits per heavy atom. The molecule has 0 amide bonds. The van der Waals surface area contributed by atoms with E-state index >= 15 is 0 Å². The fourth-order valence-electron chi connectivity index (χ4n) is 3.97. The van der Waals surface area contributed by atoms with E-state index in [1.807, 2.05) is 62.6 Å². The maximum absolute atomic E-state index is 5.65. The molecule has 4 aromatic rings. The van der Waals surface area contributed by atoms with Crippen LogP contribution in [0, 0.1) is 13.8 Å². The number of anilines is 1. The second kappa shape index (κ2) is 11.3. The smallest absolute Gasteiger partial charge is 0.225 e. The minimum absolute atomic E-state index is 0.514. The molecule has 0 N–H and O–H groups in total. The van der Waals surface area contributed by atoms with Crippen LogP contribution >= 0.6 is 11.3 Å². The first-order valence-corrected chi connectivity index (χ1v) is 12.2. The third-order valence-corrected chi connectivity index (χ3v) is 6.92. The van der Waals surface area contributed by atoms with Gasteiger partial charge in [-0.05, 0) is 38.1 Å². The standard InChI is InChI=1S/C27H30N4O4S/c1-17-26(36-18(2)30-17)21-13-28-27(29-14-21)31(15-19-7-9-22(32-3)11-24(19)34-5)16-20-8-10-23(33-4)12-25(20)35-6/h7-14H,15-16H2,1-6H3. The number of rotatable bonds is 10. The molecule has 36 heavy (non-hydrogen) atoms. The molecule has 0 aliphatic rings. The lowest BCUT2D eigenvalue weighted by Crippen LogP contribution is -2.25. The van der Waals surface area contributed by atoms with Gasteiger partial charge in [-0.25, -0.2) is 15.0 Å². The fourth-order valence-corrected chi connectivity index (χ4v) is 4.87. The molecule has 8 nitrogen and oxygen atoms in total. The second-order valence-corrected chi connectivity index (χ2v) is 9.33. The van der Waals surface area contributed by atoms with Crippen molar-refractivity contribution in [3.8, 4) is 33.4 Å². The summed E-state index contributed by atoms with van der Waals surface area (Å²) in [6.07, 6.45) is 3.71. The molecule has 0 fully saturated rings. The number of aryl methyl sites for hydroxylation is 2. The highest BCUT2D eigenvalue weighted by Crippen LogP contribution is 2.32. The normalized spacial score (nSPS) is 10.7. The Morgan fingerprint density at radius 2 is 1.28 bits per heavy atom. The van der Waals surface area contributed by atoms with E-state index in [1.165, 1.54) is 0 Å². The minimum Gasteiger partial charge on any atom is -0.497 e. The molecule has 0 unspecified atom stereocenters. The van der Waals surface area contributed by atoms with Crippen LogP contribution in [0.4, 0.5) is 5.95 Å². The SMILES string of the molecule is COc1ccc(CN(Cc2ccc(OC)cc2OC)c2ncc(-c3sc(C)nc3C)cn2)c(OC)c1. The average molecular weight is 507 g/mol. The molecular formula is C27H30N4O4S. The van der Waals surface area contributed by atoms with E-state index in [0.717, 1.165) is 55.3 Å². The third-order valence-electron chi connectivity index (χ3n) is 5.80. The summed E-state index contributed by atoms with van der Waals surface area (Å²) in [5.41, 5.74) is 3.89. The Hall–Kier alpha value is -3.85. The highest BCUT2D eigenvalue weighted by atomic mass is 32.1. The summed E-state index contributed by atoms with van der Waals surface area (Å²) >= 11 is 1.64. The Kier molecular flexibility index (Phi) is 7.90.